The average molecular weight is 322 g/mol. The van der Waals surface area contributed by atoms with Gasteiger partial charge in [-0.1, -0.05) is 26.0 Å². The topological polar surface area (TPSA) is 36.9 Å². The van der Waals surface area contributed by atoms with Crippen LogP contribution in [0.4, 0.5) is 0 Å². The molecule has 2 aliphatic carbocycles. The molecule has 0 aromatic carbocycles. The molecule has 4 nitrogen and oxygen atoms in total. The first-order valence-corrected chi connectivity index (χ1v) is 9.20. The van der Waals surface area contributed by atoms with Gasteiger partial charge >= 0.3 is 0 Å². The molecular weight excluding hydrogens is 292 g/mol. The van der Waals surface area contributed by atoms with Gasteiger partial charge in [0.15, 0.2) is 11.6 Å². The van der Waals surface area contributed by atoms with Crippen LogP contribution in [0, 0.1) is 29.6 Å². The molecule has 2 heterocycles. The normalized spacial score (nSPS) is 45.3. The van der Waals surface area contributed by atoms with Crippen LogP contribution in [0.1, 0.15) is 40.0 Å². The van der Waals surface area contributed by atoms with Crippen molar-refractivity contribution in [2.24, 2.45) is 29.6 Å². The second-order valence-corrected chi connectivity index (χ2v) is 8.24. The molecule has 0 aromatic rings. The van der Waals surface area contributed by atoms with Crippen LogP contribution in [0.15, 0.2) is 12.2 Å². The lowest BCUT2D eigenvalue weighted by Gasteiger charge is -2.55. The van der Waals surface area contributed by atoms with Gasteiger partial charge in [0.05, 0.1) is 26.4 Å². The molecule has 4 rings (SSSR count). The van der Waals surface area contributed by atoms with Crippen molar-refractivity contribution in [1.29, 1.82) is 0 Å². The number of hydrogen-bond donors (Lipinski definition) is 0. The van der Waals surface area contributed by atoms with Crippen LogP contribution in [0.5, 0.6) is 0 Å². The van der Waals surface area contributed by atoms with Crippen molar-refractivity contribution in [3.63, 3.8) is 0 Å². The van der Waals surface area contributed by atoms with Crippen molar-refractivity contribution in [2.75, 3.05) is 26.4 Å². The highest BCUT2D eigenvalue weighted by atomic mass is 16.7. The van der Waals surface area contributed by atoms with E-state index in [4.69, 9.17) is 18.9 Å². The molecule has 4 heteroatoms. The molecule has 0 aromatic heterocycles. The van der Waals surface area contributed by atoms with Gasteiger partial charge < -0.3 is 18.9 Å². The quantitative estimate of drug-likeness (QED) is 0.694. The summed E-state index contributed by atoms with van der Waals surface area (Å²) in [6.07, 6.45) is 3.23. The first-order chi connectivity index (χ1) is 11.0. The predicted molar refractivity (Wildman–Crippen MR) is 86.7 cm³/mol. The zero-order valence-electron chi connectivity index (χ0n) is 14.7. The molecule has 5 atom stereocenters. The molecule has 130 valence electrons. The molecule has 2 saturated carbocycles. The fraction of sp³-hybridized carbons (Fsp3) is 0.895. The second kappa shape index (κ2) is 5.55. The SMILES string of the molecule is C=C1[C@@H]2[C@H](C)C[C@H](C)C[C@@H]2C2(C[C@@H]1C1(C)OCCO1)OCCO2. The Morgan fingerprint density at radius 1 is 0.957 bits per heavy atom. The lowest BCUT2D eigenvalue weighted by molar-refractivity contribution is -0.270. The smallest absolute Gasteiger partial charge is 0.172 e. The number of hydrogen-bond acceptors (Lipinski definition) is 4. The molecule has 0 radical (unpaired) electrons. The van der Waals surface area contributed by atoms with Gasteiger partial charge in [-0.05, 0) is 37.5 Å². The van der Waals surface area contributed by atoms with E-state index in [2.05, 4.69) is 27.4 Å². The minimum atomic E-state index is -0.576. The van der Waals surface area contributed by atoms with Crippen LogP contribution in [0.25, 0.3) is 0 Å². The molecule has 0 bridgehead atoms. The zero-order chi connectivity index (χ0) is 16.2. The Hall–Kier alpha value is -0.420. The minimum Gasteiger partial charge on any atom is -0.347 e. The number of ether oxygens (including phenoxy) is 4. The van der Waals surface area contributed by atoms with E-state index in [0.717, 1.165) is 12.3 Å². The van der Waals surface area contributed by atoms with Crippen molar-refractivity contribution in [3.05, 3.63) is 12.2 Å². The maximum Gasteiger partial charge on any atom is 0.172 e. The summed E-state index contributed by atoms with van der Waals surface area (Å²) in [7, 11) is 0. The van der Waals surface area contributed by atoms with Crippen LogP contribution in [0.3, 0.4) is 0 Å². The van der Waals surface area contributed by atoms with E-state index in [9.17, 15) is 0 Å². The molecule has 2 saturated heterocycles. The Labute approximate surface area is 139 Å². The molecule has 0 N–H and O–H groups in total. The lowest BCUT2D eigenvalue weighted by Crippen LogP contribution is -2.57. The van der Waals surface area contributed by atoms with Crippen molar-refractivity contribution >= 4 is 0 Å². The molecule has 0 unspecified atom stereocenters. The summed E-state index contributed by atoms with van der Waals surface area (Å²) >= 11 is 0. The summed E-state index contributed by atoms with van der Waals surface area (Å²) in [5, 5.41) is 0. The van der Waals surface area contributed by atoms with E-state index in [0.29, 0.717) is 44.2 Å². The molecule has 1 spiro atoms. The summed E-state index contributed by atoms with van der Waals surface area (Å²) in [6, 6.07) is 0. The fourth-order valence-electron chi connectivity index (χ4n) is 5.79. The summed E-state index contributed by atoms with van der Waals surface area (Å²) in [5.41, 5.74) is 1.29. The van der Waals surface area contributed by atoms with Crippen molar-refractivity contribution in [3.8, 4) is 0 Å². The van der Waals surface area contributed by atoms with Crippen molar-refractivity contribution in [1.82, 2.24) is 0 Å². The van der Waals surface area contributed by atoms with Gasteiger partial charge in [0.25, 0.3) is 0 Å². The maximum absolute atomic E-state index is 6.26. The number of fused-ring (bicyclic) bond motifs is 2. The van der Waals surface area contributed by atoms with E-state index in [1.54, 1.807) is 0 Å². The first kappa shape index (κ1) is 16.1. The third kappa shape index (κ3) is 2.41. The fourth-order valence-corrected chi connectivity index (χ4v) is 5.79. The molecule has 4 fully saturated rings. The molecule has 23 heavy (non-hydrogen) atoms. The van der Waals surface area contributed by atoms with E-state index >= 15 is 0 Å². The van der Waals surface area contributed by atoms with Crippen LogP contribution >= 0.6 is 0 Å². The van der Waals surface area contributed by atoms with E-state index in [1.807, 2.05) is 0 Å². The van der Waals surface area contributed by atoms with Crippen LogP contribution in [-0.2, 0) is 18.9 Å². The minimum absolute atomic E-state index is 0.139. The highest BCUT2D eigenvalue weighted by molar-refractivity contribution is 5.21. The van der Waals surface area contributed by atoms with Gasteiger partial charge in [-0.2, -0.15) is 0 Å². The zero-order valence-corrected chi connectivity index (χ0v) is 14.7. The Balaban J connectivity index is 1.71. The van der Waals surface area contributed by atoms with Crippen molar-refractivity contribution in [2.45, 2.75) is 51.6 Å². The van der Waals surface area contributed by atoms with Crippen LogP contribution in [0.2, 0.25) is 0 Å². The Morgan fingerprint density at radius 3 is 2.22 bits per heavy atom. The second-order valence-electron chi connectivity index (χ2n) is 8.24. The maximum atomic E-state index is 6.26. The first-order valence-electron chi connectivity index (χ1n) is 9.20. The van der Waals surface area contributed by atoms with Crippen LogP contribution < -0.4 is 0 Å². The highest BCUT2D eigenvalue weighted by Crippen LogP contribution is 2.58. The van der Waals surface area contributed by atoms with Gasteiger partial charge in [0.2, 0.25) is 0 Å². The van der Waals surface area contributed by atoms with E-state index in [-0.39, 0.29) is 5.92 Å². The van der Waals surface area contributed by atoms with Crippen molar-refractivity contribution < 1.29 is 18.9 Å². The predicted octanol–water partition coefficient (Wildman–Crippen LogP) is 3.37. The number of rotatable bonds is 1. The van der Waals surface area contributed by atoms with Gasteiger partial charge in [-0.25, -0.2) is 0 Å². The van der Waals surface area contributed by atoms with E-state index in [1.165, 1.54) is 18.4 Å². The Morgan fingerprint density at radius 2 is 1.57 bits per heavy atom. The van der Waals surface area contributed by atoms with Gasteiger partial charge in [0.1, 0.15) is 0 Å². The summed E-state index contributed by atoms with van der Waals surface area (Å²) < 4.78 is 24.5. The monoisotopic (exact) mass is 322 g/mol. The summed E-state index contributed by atoms with van der Waals surface area (Å²) in [6.45, 7) is 14.0. The molecule has 2 aliphatic heterocycles. The van der Waals surface area contributed by atoms with Gasteiger partial charge in [-0.15, -0.1) is 0 Å². The van der Waals surface area contributed by atoms with Gasteiger partial charge in [-0.3, -0.25) is 0 Å². The average Bonchev–Trinajstić information content (AvgIpc) is 3.13. The Bertz CT molecular complexity index is 476. The van der Waals surface area contributed by atoms with Gasteiger partial charge in [0, 0.05) is 18.3 Å². The summed E-state index contributed by atoms with van der Waals surface area (Å²) in [5.74, 6) is 1.28. The highest BCUT2D eigenvalue weighted by Gasteiger charge is 2.60. The lowest BCUT2D eigenvalue weighted by atomic mass is 9.56. The molecular formula is C19H30O4. The Kier molecular flexibility index (Phi) is 3.88. The van der Waals surface area contributed by atoms with Crippen LogP contribution in [-0.4, -0.2) is 38.0 Å². The molecule has 4 aliphatic rings. The largest absolute Gasteiger partial charge is 0.347 e. The standard InChI is InChI=1S/C19H30O4/c1-12-9-13(2)17-14(3)16(18(4)20-5-6-21-18)11-19(15(17)10-12)22-7-8-23-19/h12-13,15-17H,3,5-11H2,1-2,4H3/t12-,13+,15-,16-,17-/m0/s1. The summed E-state index contributed by atoms with van der Waals surface area (Å²) in [4.78, 5) is 0. The molecule has 0 amide bonds. The van der Waals surface area contributed by atoms with E-state index < -0.39 is 11.6 Å². The third-order valence-electron chi connectivity index (χ3n) is 6.68. The third-order valence-corrected chi connectivity index (χ3v) is 6.68.